The zero-order valence-corrected chi connectivity index (χ0v) is 9.67. The molecule has 15 heavy (non-hydrogen) atoms. The fourth-order valence-electron chi connectivity index (χ4n) is 2.63. The largest absolute Gasteiger partial charge is 0.341 e. The molecule has 3 nitrogen and oxygen atoms in total. The summed E-state index contributed by atoms with van der Waals surface area (Å²) in [5.41, 5.74) is 0. The van der Waals surface area contributed by atoms with Crippen LogP contribution in [0.1, 0.15) is 39.0 Å². The Bertz CT molecular complexity index is 224. The maximum absolute atomic E-state index is 12.0. The predicted octanol–water partition coefficient (Wildman–Crippen LogP) is 1.39. The maximum atomic E-state index is 12.0. The third-order valence-electron chi connectivity index (χ3n) is 3.65. The molecule has 0 saturated carbocycles. The summed E-state index contributed by atoms with van der Waals surface area (Å²) in [7, 11) is 0. The van der Waals surface area contributed by atoms with Crippen LogP contribution in [0.3, 0.4) is 0 Å². The van der Waals surface area contributed by atoms with Crippen LogP contribution in [0, 0.1) is 5.92 Å². The van der Waals surface area contributed by atoms with E-state index in [4.69, 9.17) is 0 Å². The van der Waals surface area contributed by atoms with E-state index in [0.717, 1.165) is 32.0 Å². The van der Waals surface area contributed by atoms with E-state index < -0.39 is 0 Å². The number of nitrogens with zero attached hydrogens (tertiary/aromatic N) is 1. The van der Waals surface area contributed by atoms with Gasteiger partial charge in [0.05, 0.1) is 6.04 Å². The minimum Gasteiger partial charge on any atom is -0.341 e. The van der Waals surface area contributed by atoms with E-state index in [2.05, 4.69) is 17.1 Å². The van der Waals surface area contributed by atoms with E-state index in [1.54, 1.807) is 0 Å². The average molecular weight is 210 g/mol. The molecular weight excluding hydrogens is 188 g/mol. The fourth-order valence-corrected chi connectivity index (χ4v) is 2.63. The van der Waals surface area contributed by atoms with Crippen LogP contribution in [0.15, 0.2) is 0 Å². The van der Waals surface area contributed by atoms with Gasteiger partial charge in [-0.05, 0) is 38.1 Å². The number of likely N-dealkylation sites (tertiary alicyclic amines) is 1. The maximum Gasteiger partial charge on any atom is 0.239 e. The lowest BCUT2D eigenvalue weighted by Crippen LogP contribution is -2.56. The molecule has 2 saturated heterocycles. The smallest absolute Gasteiger partial charge is 0.239 e. The van der Waals surface area contributed by atoms with Crippen LogP contribution in [-0.2, 0) is 4.79 Å². The second-order valence-corrected chi connectivity index (χ2v) is 4.88. The summed E-state index contributed by atoms with van der Waals surface area (Å²) in [4.78, 5) is 14.1. The van der Waals surface area contributed by atoms with Gasteiger partial charge in [-0.25, -0.2) is 0 Å². The molecule has 2 rings (SSSR count). The van der Waals surface area contributed by atoms with Gasteiger partial charge in [-0.3, -0.25) is 4.79 Å². The van der Waals surface area contributed by atoms with Gasteiger partial charge in [-0.2, -0.15) is 0 Å². The summed E-state index contributed by atoms with van der Waals surface area (Å²) >= 11 is 0. The molecule has 2 fully saturated rings. The Morgan fingerprint density at radius 2 is 2.27 bits per heavy atom. The Labute approximate surface area is 92.2 Å². The molecular formula is C12H22N2O. The Kier molecular flexibility index (Phi) is 3.62. The van der Waals surface area contributed by atoms with E-state index in [9.17, 15) is 4.79 Å². The Morgan fingerprint density at radius 1 is 1.47 bits per heavy atom. The molecule has 1 N–H and O–H groups in total. The van der Waals surface area contributed by atoms with Crippen molar-refractivity contribution in [3.05, 3.63) is 0 Å². The van der Waals surface area contributed by atoms with E-state index in [-0.39, 0.29) is 6.04 Å². The van der Waals surface area contributed by atoms with E-state index in [1.165, 1.54) is 25.7 Å². The van der Waals surface area contributed by atoms with Crippen molar-refractivity contribution in [3.63, 3.8) is 0 Å². The van der Waals surface area contributed by atoms with Crippen LogP contribution in [0.5, 0.6) is 0 Å². The second-order valence-electron chi connectivity index (χ2n) is 4.88. The first-order valence-electron chi connectivity index (χ1n) is 6.33. The highest BCUT2D eigenvalue weighted by atomic mass is 16.2. The first kappa shape index (κ1) is 10.9. The van der Waals surface area contributed by atoms with Gasteiger partial charge in [0.2, 0.25) is 5.91 Å². The number of hydrogen-bond donors (Lipinski definition) is 1. The Hall–Kier alpha value is -0.570. The number of rotatable bonds is 3. The van der Waals surface area contributed by atoms with Crippen LogP contribution < -0.4 is 5.32 Å². The summed E-state index contributed by atoms with van der Waals surface area (Å²) in [6.45, 7) is 5.24. The number of nitrogens with one attached hydrogen (secondary N) is 1. The summed E-state index contributed by atoms with van der Waals surface area (Å²) in [5, 5.41) is 3.20. The molecule has 0 aliphatic carbocycles. The zero-order chi connectivity index (χ0) is 10.7. The Balaban J connectivity index is 1.83. The normalized spacial score (nSPS) is 31.1. The van der Waals surface area contributed by atoms with Crippen LogP contribution in [-0.4, -0.2) is 36.5 Å². The van der Waals surface area contributed by atoms with Gasteiger partial charge in [-0.15, -0.1) is 0 Å². The number of carbonyl (C=O) groups excluding carboxylic acids is 1. The summed E-state index contributed by atoms with van der Waals surface area (Å²) < 4.78 is 0. The Morgan fingerprint density at radius 3 is 2.87 bits per heavy atom. The molecule has 1 unspecified atom stereocenters. The highest BCUT2D eigenvalue weighted by molar-refractivity contribution is 5.82. The number of hydrogen-bond acceptors (Lipinski definition) is 2. The third kappa shape index (κ3) is 2.51. The van der Waals surface area contributed by atoms with Crippen molar-refractivity contribution < 1.29 is 4.79 Å². The molecule has 3 heteroatoms. The lowest BCUT2D eigenvalue weighted by molar-refractivity contribution is -0.137. The van der Waals surface area contributed by atoms with Crippen LogP contribution >= 0.6 is 0 Å². The molecule has 0 bridgehead atoms. The van der Waals surface area contributed by atoms with Crippen molar-refractivity contribution in [1.29, 1.82) is 0 Å². The second kappa shape index (κ2) is 4.97. The minimum atomic E-state index is 0.144. The number of carbonyl (C=O) groups is 1. The van der Waals surface area contributed by atoms with Crippen LogP contribution in [0.25, 0.3) is 0 Å². The fraction of sp³-hybridized carbons (Fsp3) is 0.917. The molecule has 1 amide bonds. The van der Waals surface area contributed by atoms with Crippen LogP contribution in [0.4, 0.5) is 0 Å². The van der Waals surface area contributed by atoms with E-state index >= 15 is 0 Å². The molecule has 0 aromatic rings. The molecule has 86 valence electrons. The quantitative estimate of drug-likeness (QED) is 0.763. The van der Waals surface area contributed by atoms with Gasteiger partial charge in [0.1, 0.15) is 0 Å². The zero-order valence-electron chi connectivity index (χ0n) is 9.67. The van der Waals surface area contributed by atoms with Gasteiger partial charge in [0.25, 0.3) is 0 Å². The van der Waals surface area contributed by atoms with Crippen molar-refractivity contribution >= 4 is 5.91 Å². The van der Waals surface area contributed by atoms with Crippen molar-refractivity contribution in [2.75, 3.05) is 19.6 Å². The number of amides is 1. The first-order chi connectivity index (χ1) is 7.31. The van der Waals surface area contributed by atoms with Gasteiger partial charge in [0.15, 0.2) is 0 Å². The standard InChI is InChI=1S/C12H22N2O/c1-2-4-10-5-3-8-14(9-10)12(15)11-6-7-13-11/h10-11,13H,2-9H2,1H3/t10?,11-/m1/s1. The predicted molar refractivity (Wildman–Crippen MR) is 60.6 cm³/mol. The monoisotopic (exact) mass is 210 g/mol. The van der Waals surface area contributed by atoms with E-state index in [0.29, 0.717) is 5.91 Å². The minimum absolute atomic E-state index is 0.144. The molecule has 0 spiro atoms. The van der Waals surface area contributed by atoms with Gasteiger partial charge in [-0.1, -0.05) is 13.3 Å². The molecule has 0 radical (unpaired) electrons. The van der Waals surface area contributed by atoms with Crippen molar-refractivity contribution in [2.24, 2.45) is 5.92 Å². The highest BCUT2D eigenvalue weighted by Crippen LogP contribution is 2.22. The highest BCUT2D eigenvalue weighted by Gasteiger charge is 2.31. The molecule has 0 aromatic carbocycles. The summed E-state index contributed by atoms with van der Waals surface area (Å²) in [6, 6.07) is 0.144. The summed E-state index contributed by atoms with van der Waals surface area (Å²) in [5.74, 6) is 1.11. The SMILES string of the molecule is CCCC1CCCN(C(=O)[C@H]2CCN2)C1. The molecule has 2 aliphatic heterocycles. The molecule has 2 heterocycles. The summed E-state index contributed by atoms with van der Waals surface area (Å²) in [6.07, 6.45) is 6.07. The van der Waals surface area contributed by atoms with Crippen molar-refractivity contribution in [3.8, 4) is 0 Å². The molecule has 2 aliphatic rings. The van der Waals surface area contributed by atoms with Gasteiger partial charge < -0.3 is 10.2 Å². The van der Waals surface area contributed by atoms with E-state index in [1.807, 2.05) is 0 Å². The molecule has 2 atom stereocenters. The number of piperidine rings is 1. The van der Waals surface area contributed by atoms with Gasteiger partial charge in [0, 0.05) is 13.1 Å². The van der Waals surface area contributed by atoms with Crippen molar-refractivity contribution in [1.82, 2.24) is 10.2 Å². The first-order valence-corrected chi connectivity index (χ1v) is 6.33. The lowest BCUT2D eigenvalue weighted by Gasteiger charge is -2.37. The molecule has 0 aromatic heterocycles. The van der Waals surface area contributed by atoms with Crippen LogP contribution in [0.2, 0.25) is 0 Å². The topological polar surface area (TPSA) is 32.3 Å². The lowest BCUT2D eigenvalue weighted by atomic mass is 9.92. The third-order valence-corrected chi connectivity index (χ3v) is 3.65. The average Bonchev–Trinajstić information content (AvgIpc) is 2.16. The van der Waals surface area contributed by atoms with Crippen molar-refractivity contribution in [2.45, 2.75) is 45.1 Å². The van der Waals surface area contributed by atoms with Gasteiger partial charge >= 0.3 is 0 Å².